The van der Waals surface area contributed by atoms with Crippen LogP contribution in [0.2, 0.25) is 0 Å². The van der Waals surface area contributed by atoms with E-state index in [1.165, 1.54) is 38.8 Å². The Bertz CT molecular complexity index is 129. The molecule has 0 spiro atoms. The first-order valence-electron chi connectivity index (χ1n) is 5.96. The molecule has 0 aliphatic carbocycles. The third kappa shape index (κ3) is 3.68. The van der Waals surface area contributed by atoms with Crippen LogP contribution in [-0.4, -0.2) is 13.1 Å². The highest BCUT2D eigenvalue weighted by Crippen LogP contribution is 2.25. The maximum Gasteiger partial charge on any atom is -0.00202 e. The first-order valence-corrected chi connectivity index (χ1v) is 5.96. The summed E-state index contributed by atoms with van der Waals surface area (Å²) in [7, 11) is 0. The first-order chi connectivity index (χ1) is 6.26. The minimum Gasteiger partial charge on any atom is -0.316 e. The van der Waals surface area contributed by atoms with E-state index < -0.39 is 0 Å². The van der Waals surface area contributed by atoms with Gasteiger partial charge in [-0.2, -0.15) is 0 Å². The van der Waals surface area contributed by atoms with E-state index in [1.807, 2.05) is 0 Å². The fraction of sp³-hybridized carbons (Fsp3) is 1.00. The van der Waals surface area contributed by atoms with Crippen LogP contribution in [0.4, 0.5) is 0 Å². The minimum atomic E-state index is 0.896. The molecular formula is C12H25N. The molecule has 0 bridgehead atoms. The van der Waals surface area contributed by atoms with Crippen LogP contribution in [0, 0.1) is 17.8 Å². The molecule has 0 aromatic carbocycles. The van der Waals surface area contributed by atoms with E-state index in [4.69, 9.17) is 0 Å². The number of hydrogen-bond donors (Lipinski definition) is 1. The van der Waals surface area contributed by atoms with Gasteiger partial charge in [-0.25, -0.2) is 0 Å². The molecule has 2 unspecified atom stereocenters. The fourth-order valence-electron chi connectivity index (χ4n) is 2.54. The molecule has 13 heavy (non-hydrogen) atoms. The molecule has 1 nitrogen and oxygen atoms in total. The zero-order chi connectivity index (χ0) is 9.68. The second-order valence-electron chi connectivity index (χ2n) is 4.78. The summed E-state index contributed by atoms with van der Waals surface area (Å²) in [4.78, 5) is 0. The predicted molar refractivity (Wildman–Crippen MR) is 58.8 cm³/mol. The van der Waals surface area contributed by atoms with Crippen molar-refractivity contribution in [2.45, 2.75) is 46.5 Å². The summed E-state index contributed by atoms with van der Waals surface area (Å²) < 4.78 is 0. The summed E-state index contributed by atoms with van der Waals surface area (Å²) >= 11 is 0. The molecule has 1 saturated heterocycles. The Balaban J connectivity index is 2.26. The molecule has 1 N–H and O–H groups in total. The molecular weight excluding hydrogens is 158 g/mol. The van der Waals surface area contributed by atoms with Crippen LogP contribution in [0.15, 0.2) is 0 Å². The highest BCUT2D eigenvalue weighted by atomic mass is 14.9. The van der Waals surface area contributed by atoms with Crippen molar-refractivity contribution in [3.63, 3.8) is 0 Å². The molecule has 1 fully saturated rings. The van der Waals surface area contributed by atoms with Gasteiger partial charge in [0.2, 0.25) is 0 Å². The van der Waals surface area contributed by atoms with Crippen LogP contribution in [0.25, 0.3) is 0 Å². The van der Waals surface area contributed by atoms with Gasteiger partial charge in [0.05, 0.1) is 0 Å². The van der Waals surface area contributed by atoms with Gasteiger partial charge in [-0.05, 0) is 43.7 Å². The van der Waals surface area contributed by atoms with Gasteiger partial charge < -0.3 is 5.32 Å². The van der Waals surface area contributed by atoms with Crippen molar-refractivity contribution in [1.29, 1.82) is 0 Å². The molecule has 0 aromatic heterocycles. The molecule has 0 radical (unpaired) electrons. The highest BCUT2D eigenvalue weighted by Gasteiger charge is 2.20. The normalized spacial score (nSPS) is 29.5. The Morgan fingerprint density at radius 1 is 1.23 bits per heavy atom. The molecule has 1 aliphatic heterocycles. The molecule has 78 valence electrons. The van der Waals surface area contributed by atoms with Crippen molar-refractivity contribution >= 4 is 0 Å². The molecule has 1 aliphatic rings. The van der Waals surface area contributed by atoms with Gasteiger partial charge in [0.15, 0.2) is 0 Å². The number of rotatable bonds is 4. The Morgan fingerprint density at radius 3 is 2.46 bits per heavy atom. The highest BCUT2D eigenvalue weighted by molar-refractivity contribution is 4.75. The lowest BCUT2D eigenvalue weighted by atomic mass is 9.83. The zero-order valence-corrected chi connectivity index (χ0v) is 9.47. The van der Waals surface area contributed by atoms with Gasteiger partial charge in [-0.3, -0.25) is 0 Å². The summed E-state index contributed by atoms with van der Waals surface area (Å²) in [6.07, 6.45) is 5.62. The lowest BCUT2D eigenvalue weighted by molar-refractivity contribution is 0.249. The smallest absolute Gasteiger partial charge is 0.00202 e. The Morgan fingerprint density at radius 2 is 1.92 bits per heavy atom. The summed E-state index contributed by atoms with van der Waals surface area (Å²) in [5.41, 5.74) is 0. The summed E-state index contributed by atoms with van der Waals surface area (Å²) in [6, 6.07) is 0. The van der Waals surface area contributed by atoms with Gasteiger partial charge in [0.25, 0.3) is 0 Å². The van der Waals surface area contributed by atoms with Crippen LogP contribution in [0.1, 0.15) is 46.5 Å². The van der Waals surface area contributed by atoms with E-state index in [-0.39, 0.29) is 0 Å². The van der Waals surface area contributed by atoms with E-state index in [2.05, 4.69) is 26.1 Å². The van der Waals surface area contributed by atoms with Gasteiger partial charge >= 0.3 is 0 Å². The van der Waals surface area contributed by atoms with E-state index in [0.29, 0.717) is 0 Å². The lowest BCUT2D eigenvalue weighted by Gasteiger charge is -2.30. The largest absolute Gasteiger partial charge is 0.316 e. The molecule has 1 heterocycles. The van der Waals surface area contributed by atoms with E-state index >= 15 is 0 Å². The second-order valence-corrected chi connectivity index (χ2v) is 4.78. The zero-order valence-electron chi connectivity index (χ0n) is 9.47. The van der Waals surface area contributed by atoms with Crippen molar-refractivity contribution in [1.82, 2.24) is 5.32 Å². The van der Waals surface area contributed by atoms with Crippen LogP contribution >= 0.6 is 0 Å². The lowest BCUT2D eigenvalue weighted by Crippen LogP contribution is -2.35. The third-order valence-corrected chi connectivity index (χ3v) is 3.48. The molecule has 0 saturated carbocycles. The number of nitrogens with one attached hydrogen (secondary N) is 1. The van der Waals surface area contributed by atoms with E-state index in [0.717, 1.165) is 17.8 Å². The van der Waals surface area contributed by atoms with Crippen LogP contribution in [0.5, 0.6) is 0 Å². The number of piperidine rings is 1. The van der Waals surface area contributed by atoms with Crippen LogP contribution < -0.4 is 5.32 Å². The average molecular weight is 183 g/mol. The topological polar surface area (TPSA) is 12.0 Å². The Kier molecular flexibility index (Phi) is 4.79. The SMILES string of the molecule is CCC(CC)CC1CNCC(C)C1. The van der Waals surface area contributed by atoms with Crippen molar-refractivity contribution in [3.8, 4) is 0 Å². The number of hydrogen-bond acceptors (Lipinski definition) is 1. The predicted octanol–water partition coefficient (Wildman–Crippen LogP) is 3.06. The van der Waals surface area contributed by atoms with Crippen LogP contribution in [0.3, 0.4) is 0 Å². The van der Waals surface area contributed by atoms with Crippen molar-refractivity contribution < 1.29 is 0 Å². The maximum absolute atomic E-state index is 3.54. The van der Waals surface area contributed by atoms with Gasteiger partial charge in [-0.15, -0.1) is 0 Å². The monoisotopic (exact) mass is 183 g/mol. The molecule has 2 atom stereocenters. The quantitative estimate of drug-likeness (QED) is 0.706. The minimum absolute atomic E-state index is 0.896. The Labute approximate surface area is 83.3 Å². The van der Waals surface area contributed by atoms with Crippen molar-refractivity contribution in [2.75, 3.05) is 13.1 Å². The van der Waals surface area contributed by atoms with Crippen LogP contribution in [-0.2, 0) is 0 Å². The van der Waals surface area contributed by atoms with Crippen molar-refractivity contribution in [2.24, 2.45) is 17.8 Å². The summed E-state index contributed by atoms with van der Waals surface area (Å²) in [5.74, 6) is 2.82. The Hall–Kier alpha value is -0.0400. The standard InChI is InChI=1S/C12H25N/c1-4-11(5-2)7-12-6-10(3)8-13-9-12/h10-13H,4-9H2,1-3H3. The fourth-order valence-corrected chi connectivity index (χ4v) is 2.54. The van der Waals surface area contributed by atoms with Gasteiger partial charge in [0, 0.05) is 0 Å². The molecule has 1 rings (SSSR count). The average Bonchev–Trinajstić information content (AvgIpc) is 2.14. The first kappa shape index (κ1) is 11.0. The van der Waals surface area contributed by atoms with E-state index in [9.17, 15) is 0 Å². The molecule has 0 aromatic rings. The van der Waals surface area contributed by atoms with Gasteiger partial charge in [0.1, 0.15) is 0 Å². The summed E-state index contributed by atoms with van der Waals surface area (Å²) in [6.45, 7) is 9.52. The summed E-state index contributed by atoms with van der Waals surface area (Å²) in [5, 5.41) is 3.54. The maximum atomic E-state index is 3.54. The van der Waals surface area contributed by atoms with Crippen molar-refractivity contribution in [3.05, 3.63) is 0 Å². The van der Waals surface area contributed by atoms with Gasteiger partial charge in [-0.1, -0.05) is 33.6 Å². The third-order valence-electron chi connectivity index (χ3n) is 3.48. The second kappa shape index (κ2) is 5.64. The molecule has 0 amide bonds. The molecule has 1 heteroatoms. The van der Waals surface area contributed by atoms with E-state index in [1.54, 1.807) is 0 Å².